The number of carbonyl (C=O) groups is 1. The molecule has 0 spiro atoms. The lowest BCUT2D eigenvalue weighted by Crippen LogP contribution is -2.02. The van der Waals surface area contributed by atoms with Crippen molar-refractivity contribution < 1.29 is 9.53 Å². The molecule has 0 radical (unpaired) electrons. The minimum absolute atomic E-state index is 0.236. The summed E-state index contributed by atoms with van der Waals surface area (Å²) >= 11 is 1.66. The Kier molecular flexibility index (Phi) is 4.66. The molecule has 0 aliphatic heterocycles. The summed E-state index contributed by atoms with van der Waals surface area (Å²) in [4.78, 5) is 12.0. The van der Waals surface area contributed by atoms with Gasteiger partial charge in [0.05, 0.1) is 0 Å². The fourth-order valence-electron chi connectivity index (χ4n) is 1.29. The van der Waals surface area contributed by atoms with Crippen LogP contribution in [0.5, 0.6) is 5.75 Å². The molecule has 0 bridgehead atoms. The quantitative estimate of drug-likeness (QED) is 0.552. The lowest BCUT2D eigenvalue weighted by Gasteiger charge is -2.02. The van der Waals surface area contributed by atoms with E-state index in [-0.39, 0.29) is 5.97 Å². The van der Waals surface area contributed by atoms with Crippen molar-refractivity contribution in [3.8, 4) is 5.75 Å². The van der Waals surface area contributed by atoms with Gasteiger partial charge in [-0.25, -0.2) is 0 Å². The van der Waals surface area contributed by atoms with Gasteiger partial charge in [0.15, 0.2) is 0 Å². The molecule has 1 aromatic rings. The molecular formula is C11H16O2S. The van der Waals surface area contributed by atoms with Gasteiger partial charge in [-0.1, -0.05) is 19.8 Å². The molecule has 14 heavy (non-hydrogen) atoms. The average molecular weight is 212 g/mol. The van der Waals surface area contributed by atoms with E-state index in [0.717, 1.165) is 12.2 Å². The van der Waals surface area contributed by atoms with Gasteiger partial charge in [0, 0.05) is 11.8 Å². The van der Waals surface area contributed by atoms with Gasteiger partial charge in [-0.3, -0.25) is 4.79 Å². The van der Waals surface area contributed by atoms with Gasteiger partial charge in [0.2, 0.25) is 0 Å². The molecule has 0 saturated heterocycles. The molecule has 1 aromatic heterocycles. The molecule has 0 saturated carbocycles. The normalized spacial score (nSPS) is 10.1. The zero-order chi connectivity index (χ0) is 10.4. The highest BCUT2D eigenvalue weighted by Crippen LogP contribution is 2.26. The number of esters is 1. The summed E-state index contributed by atoms with van der Waals surface area (Å²) in [5, 5.41) is 1.97. The molecule has 1 rings (SSSR count). The second-order valence-electron chi connectivity index (χ2n) is 3.26. The number of carbonyl (C=O) groups excluding carboxylic acids is 1. The minimum Gasteiger partial charge on any atom is -0.426 e. The Morgan fingerprint density at radius 3 is 2.93 bits per heavy atom. The molecule has 0 N–H and O–H groups in total. The summed E-state index contributed by atoms with van der Waals surface area (Å²) in [6.07, 6.45) is 4.64. The van der Waals surface area contributed by atoms with E-state index < -0.39 is 0 Å². The van der Waals surface area contributed by atoms with Gasteiger partial charge in [-0.2, -0.15) is 0 Å². The minimum atomic E-state index is -0.236. The average Bonchev–Trinajstić information content (AvgIpc) is 2.52. The predicted molar refractivity (Wildman–Crippen MR) is 58.9 cm³/mol. The van der Waals surface area contributed by atoms with Crippen LogP contribution < -0.4 is 4.74 Å². The molecule has 0 fully saturated rings. The smallest absolute Gasteiger partial charge is 0.308 e. The maximum absolute atomic E-state index is 10.8. The van der Waals surface area contributed by atoms with Crippen molar-refractivity contribution in [2.45, 2.75) is 39.5 Å². The summed E-state index contributed by atoms with van der Waals surface area (Å²) in [7, 11) is 0. The number of thiophene rings is 1. The standard InChI is InChI=1S/C11H16O2S/c1-3-4-5-6-11-10(7-8-14-11)13-9(2)12/h7-8H,3-6H2,1-2H3. The SMILES string of the molecule is CCCCCc1sccc1OC(C)=O. The maximum Gasteiger partial charge on any atom is 0.308 e. The highest BCUT2D eigenvalue weighted by atomic mass is 32.1. The summed E-state index contributed by atoms with van der Waals surface area (Å²) < 4.78 is 5.09. The second-order valence-corrected chi connectivity index (χ2v) is 4.26. The summed E-state index contributed by atoms with van der Waals surface area (Å²) in [5.41, 5.74) is 0. The summed E-state index contributed by atoms with van der Waals surface area (Å²) in [6, 6.07) is 1.87. The molecule has 0 unspecified atom stereocenters. The monoisotopic (exact) mass is 212 g/mol. The van der Waals surface area contributed by atoms with Crippen molar-refractivity contribution >= 4 is 17.3 Å². The van der Waals surface area contributed by atoms with Crippen molar-refractivity contribution in [2.75, 3.05) is 0 Å². The Balaban J connectivity index is 2.49. The largest absolute Gasteiger partial charge is 0.426 e. The van der Waals surface area contributed by atoms with Crippen molar-refractivity contribution in [3.63, 3.8) is 0 Å². The zero-order valence-electron chi connectivity index (χ0n) is 8.71. The van der Waals surface area contributed by atoms with Crippen LogP contribution in [-0.4, -0.2) is 5.97 Å². The van der Waals surface area contributed by atoms with E-state index in [2.05, 4.69) is 6.92 Å². The Morgan fingerprint density at radius 1 is 1.50 bits per heavy atom. The highest BCUT2D eigenvalue weighted by Gasteiger charge is 2.06. The van der Waals surface area contributed by atoms with E-state index in [1.54, 1.807) is 11.3 Å². The van der Waals surface area contributed by atoms with E-state index in [1.165, 1.54) is 31.1 Å². The third-order valence-corrected chi connectivity index (χ3v) is 2.93. The van der Waals surface area contributed by atoms with E-state index in [0.29, 0.717) is 0 Å². The fraction of sp³-hybridized carbons (Fsp3) is 0.545. The van der Waals surface area contributed by atoms with Crippen molar-refractivity contribution in [3.05, 3.63) is 16.3 Å². The first-order valence-corrected chi connectivity index (χ1v) is 5.86. The van der Waals surface area contributed by atoms with E-state index in [9.17, 15) is 4.79 Å². The van der Waals surface area contributed by atoms with E-state index in [1.807, 2.05) is 11.4 Å². The van der Waals surface area contributed by atoms with Crippen LogP contribution in [0.4, 0.5) is 0 Å². The van der Waals surface area contributed by atoms with Crippen LogP contribution in [-0.2, 0) is 11.2 Å². The van der Waals surface area contributed by atoms with Crippen LogP contribution in [0.15, 0.2) is 11.4 Å². The molecule has 0 aromatic carbocycles. The topological polar surface area (TPSA) is 26.3 Å². The number of aryl methyl sites for hydroxylation is 1. The molecule has 3 heteroatoms. The number of rotatable bonds is 5. The van der Waals surface area contributed by atoms with Gasteiger partial charge < -0.3 is 4.74 Å². The van der Waals surface area contributed by atoms with Gasteiger partial charge in [0.1, 0.15) is 5.75 Å². The van der Waals surface area contributed by atoms with Gasteiger partial charge in [-0.15, -0.1) is 11.3 Å². The molecule has 1 heterocycles. The molecule has 0 amide bonds. The molecule has 78 valence electrons. The molecule has 0 atom stereocenters. The highest BCUT2D eigenvalue weighted by molar-refractivity contribution is 7.10. The van der Waals surface area contributed by atoms with Crippen LogP contribution in [0.2, 0.25) is 0 Å². The third-order valence-electron chi connectivity index (χ3n) is 1.97. The van der Waals surface area contributed by atoms with Crippen LogP contribution in [0.1, 0.15) is 38.0 Å². The van der Waals surface area contributed by atoms with E-state index >= 15 is 0 Å². The third kappa shape index (κ3) is 3.50. The van der Waals surface area contributed by atoms with Crippen molar-refractivity contribution in [1.82, 2.24) is 0 Å². The van der Waals surface area contributed by atoms with Crippen LogP contribution >= 0.6 is 11.3 Å². The Hall–Kier alpha value is -0.830. The van der Waals surface area contributed by atoms with Crippen molar-refractivity contribution in [2.24, 2.45) is 0 Å². The van der Waals surface area contributed by atoms with E-state index in [4.69, 9.17) is 4.74 Å². The van der Waals surface area contributed by atoms with Crippen LogP contribution in [0.3, 0.4) is 0 Å². The number of hydrogen-bond donors (Lipinski definition) is 0. The lowest BCUT2D eigenvalue weighted by molar-refractivity contribution is -0.131. The molecule has 0 aliphatic rings. The summed E-state index contributed by atoms with van der Waals surface area (Å²) in [6.45, 7) is 3.62. The first-order valence-electron chi connectivity index (χ1n) is 4.98. The maximum atomic E-state index is 10.8. The van der Waals surface area contributed by atoms with Crippen LogP contribution in [0, 0.1) is 0 Å². The predicted octanol–water partition coefficient (Wildman–Crippen LogP) is 3.41. The first kappa shape index (κ1) is 11.2. The number of unbranched alkanes of at least 4 members (excludes halogenated alkanes) is 2. The second kappa shape index (κ2) is 5.81. The van der Waals surface area contributed by atoms with Gasteiger partial charge in [-0.05, 0) is 24.3 Å². The zero-order valence-corrected chi connectivity index (χ0v) is 9.52. The Morgan fingerprint density at radius 2 is 2.29 bits per heavy atom. The molecule has 2 nitrogen and oxygen atoms in total. The first-order chi connectivity index (χ1) is 6.74. The van der Waals surface area contributed by atoms with Crippen LogP contribution in [0.25, 0.3) is 0 Å². The van der Waals surface area contributed by atoms with Gasteiger partial charge >= 0.3 is 5.97 Å². The Labute approximate surface area is 88.9 Å². The summed E-state index contributed by atoms with van der Waals surface area (Å²) in [5.74, 6) is 0.513. The fourth-order valence-corrected chi connectivity index (χ4v) is 2.14. The Bertz CT molecular complexity index is 291. The van der Waals surface area contributed by atoms with Gasteiger partial charge in [0.25, 0.3) is 0 Å². The number of ether oxygens (including phenoxy) is 1. The van der Waals surface area contributed by atoms with Crippen molar-refractivity contribution in [1.29, 1.82) is 0 Å². The number of hydrogen-bond acceptors (Lipinski definition) is 3. The molecule has 0 aliphatic carbocycles. The molecular weight excluding hydrogens is 196 g/mol. The lowest BCUT2D eigenvalue weighted by atomic mass is 10.2.